The van der Waals surface area contributed by atoms with Crippen molar-refractivity contribution >= 4 is 11.8 Å². The SMILES string of the molecule is C[C@H]1[C@H](C)CC[C@@]23CC[C@]4(C)[C@@]5(C)CC[C@@H]6C(C)(C)C(=O)CC[C@@]6(C)[C@@H]5C=C[C@]4(OC2=O)[C@H]13. The highest BCUT2D eigenvalue weighted by Crippen LogP contribution is 2.79. The lowest BCUT2D eigenvalue weighted by atomic mass is 9.32. The van der Waals surface area contributed by atoms with Gasteiger partial charge in [-0.3, -0.25) is 9.59 Å². The fraction of sp³-hybridized carbons (Fsp3) is 0.867. The first-order valence-electron chi connectivity index (χ1n) is 13.8. The van der Waals surface area contributed by atoms with Crippen LogP contribution in [0.3, 0.4) is 0 Å². The highest BCUT2D eigenvalue weighted by Gasteiger charge is 2.80. The van der Waals surface area contributed by atoms with Crippen molar-refractivity contribution in [2.24, 2.45) is 56.7 Å². The molecule has 3 nitrogen and oxygen atoms in total. The van der Waals surface area contributed by atoms with E-state index in [1.165, 1.54) is 0 Å². The maximum Gasteiger partial charge on any atom is 0.313 e. The largest absolute Gasteiger partial charge is 0.453 e. The molecule has 6 rings (SSSR count). The molecule has 1 aliphatic heterocycles. The Balaban J connectivity index is 1.52. The average Bonchev–Trinajstić information content (AvgIpc) is 2.95. The Hall–Kier alpha value is -1.12. The topological polar surface area (TPSA) is 43.4 Å². The molecule has 2 bridgehead atoms. The molecule has 5 aliphatic carbocycles. The van der Waals surface area contributed by atoms with Crippen LogP contribution in [0.15, 0.2) is 12.2 Å². The molecule has 3 heteroatoms. The van der Waals surface area contributed by atoms with Crippen LogP contribution in [-0.2, 0) is 14.3 Å². The molecule has 10 atom stereocenters. The summed E-state index contributed by atoms with van der Waals surface area (Å²) in [6, 6.07) is 0. The van der Waals surface area contributed by atoms with Gasteiger partial charge in [-0.15, -0.1) is 0 Å². The Morgan fingerprint density at radius 3 is 2.36 bits per heavy atom. The maximum absolute atomic E-state index is 13.6. The zero-order valence-corrected chi connectivity index (χ0v) is 21.9. The third-order valence-corrected chi connectivity index (χ3v) is 13.6. The fourth-order valence-corrected chi connectivity index (χ4v) is 11.2. The summed E-state index contributed by atoms with van der Waals surface area (Å²) >= 11 is 0. The Morgan fingerprint density at radius 2 is 1.64 bits per heavy atom. The number of fused-ring (bicyclic) bond motifs is 4. The number of hydrogen-bond donors (Lipinski definition) is 0. The smallest absolute Gasteiger partial charge is 0.313 e. The summed E-state index contributed by atoms with van der Waals surface area (Å²) in [5.41, 5.74) is -0.850. The van der Waals surface area contributed by atoms with Crippen LogP contribution in [0, 0.1) is 56.7 Å². The Bertz CT molecular complexity index is 964. The first-order chi connectivity index (χ1) is 15.3. The molecule has 0 aromatic carbocycles. The molecule has 0 aromatic rings. The van der Waals surface area contributed by atoms with Gasteiger partial charge in [0.25, 0.3) is 0 Å². The minimum Gasteiger partial charge on any atom is -0.453 e. The normalized spacial score (nSPS) is 58.6. The minimum atomic E-state index is -0.467. The van der Waals surface area contributed by atoms with Crippen molar-refractivity contribution in [2.45, 2.75) is 105 Å². The summed E-state index contributed by atoms with van der Waals surface area (Å²) in [6.07, 6.45) is 13.1. The zero-order valence-electron chi connectivity index (χ0n) is 21.9. The first-order valence-corrected chi connectivity index (χ1v) is 13.8. The van der Waals surface area contributed by atoms with E-state index in [0.717, 1.165) is 44.9 Å². The minimum absolute atomic E-state index is 0.0648. The Morgan fingerprint density at radius 1 is 0.909 bits per heavy atom. The summed E-state index contributed by atoms with van der Waals surface area (Å²) in [7, 11) is 0. The van der Waals surface area contributed by atoms with Gasteiger partial charge in [0.15, 0.2) is 0 Å². The second-order valence-electron chi connectivity index (χ2n) is 14.5. The van der Waals surface area contributed by atoms with Crippen LogP contribution in [0.1, 0.15) is 99.8 Å². The van der Waals surface area contributed by atoms with E-state index in [1.54, 1.807) is 0 Å². The van der Waals surface area contributed by atoms with Crippen LogP contribution in [0.2, 0.25) is 0 Å². The van der Waals surface area contributed by atoms with Crippen molar-refractivity contribution in [3.05, 3.63) is 12.2 Å². The fourth-order valence-electron chi connectivity index (χ4n) is 11.2. The van der Waals surface area contributed by atoms with E-state index in [1.807, 2.05) is 0 Å². The second-order valence-corrected chi connectivity index (χ2v) is 14.5. The van der Waals surface area contributed by atoms with E-state index >= 15 is 0 Å². The van der Waals surface area contributed by atoms with Crippen molar-refractivity contribution in [3.63, 3.8) is 0 Å². The molecule has 0 amide bonds. The summed E-state index contributed by atoms with van der Waals surface area (Å²) < 4.78 is 6.70. The summed E-state index contributed by atoms with van der Waals surface area (Å²) in [6.45, 7) is 16.7. The van der Waals surface area contributed by atoms with Crippen LogP contribution in [-0.4, -0.2) is 17.4 Å². The maximum atomic E-state index is 13.6. The molecule has 5 fully saturated rings. The molecule has 0 unspecified atom stereocenters. The predicted molar refractivity (Wildman–Crippen MR) is 129 cm³/mol. The van der Waals surface area contributed by atoms with Gasteiger partial charge in [0.1, 0.15) is 11.4 Å². The van der Waals surface area contributed by atoms with Crippen LogP contribution < -0.4 is 0 Å². The third-order valence-electron chi connectivity index (χ3n) is 13.6. The third kappa shape index (κ3) is 2.17. The number of carbonyl (C=O) groups is 2. The summed E-state index contributed by atoms with van der Waals surface area (Å²) in [5.74, 6) is 2.83. The van der Waals surface area contributed by atoms with Gasteiger partial charge in [-0.25, -0.2) is 0 Å². The van der Waals surface area contributed by atoms with Crippen LogP contribution in [0.5, 0.6) is 0 Å². The van der Waals surface area contributed by atoms with E-state index in [4.69, 9.17) is 4.74 Å². The molecular weight excluding hydrogens is 408 g/mol. The van der Waals surface area contributed by atoms with Crippen molar-refractivity contribution < 1.29 is 14.3 Å². The van der Waals surface area contributed by atoms with E-state index in [-0.39, 0.29) is 33.0 Å². The zero-order chi connectivity index (χ0) is 23.8. The van der Waals surface area contributed by atoms with Gasteiger partial charge in [-0.05, 0) is 85.5 Å². The van der Waals surface area contributed by atoms with Gasteiger partial charge < -0.3 is 4.74 Å². The van der Waals surface area contributed by atoms with Gasteiger partial charge in [0, 0.05) is 23.2 Å². The number of hydrogen-bond acceptors (Lipinski definition) is 3. The summed E-state index contributed by atoms with van der Waals surface area (Å²) in [4.78, 5) is 26.6. The Kier molecular flexibility index (Phi) is 4.17. The molecule has 0 aromatic heterocycles. The van der Waals surface area contributed by atoms with Crippen molar-refractivity contribution in [1.29, 1.82) is 0 Å². The first kappa shape index (κ1) is 22.4. The van der Waals surface area contributed by atoms with E-state index in [2.05, 4.69) is 60.6 Å². The molecule has 182 valence electrons. The lowest BCUT2D eigenvalue weighted by Crippen LogP contribution is -2.70. The number of carbonyl (C=O) groups excluding carboxylic acids is 2. The number of rotatable bonds is 0. The molecule has 33 heavy (non-hydrogen) atoms. The van der Waals surface area contributed by atoms with Gasteiger partial charge in [-0.1, -0.05) is 54.5 Å². The quantitative estimate of drug-likeness (QED) is 0.302. The van der Waals surface area contributed by atoms with Gasteiger partial charge in [-0.2, -0.15) is 0 Å². The average molecular weight is 453 g/mol. The molecule has 1 spiro atoms. The lowest BCUT2D eigenvalue weighted by molar-refractivity contribution is -0.235. The van der Waals surface area contributed by atoms with Crippen molar-refractivity contribution in [3.8, 4) is 0 Å². The van der Waals surface area contributed by atoms with Crippen LogP contribution >= 0.6 is 0 Å². The van der Waals surface area contributed by atoms with Crippen LogP contribution in [0.4, 0.5) is 0 Å². The van der Waals surface area contributed by atoms with Gasteiger partial charge >= 0.3 is 5.97 Å². The van der Waals surface area contributed by atoms with Crippen molar-refractivity contribution in [1.82, 2.24) is 0 Å². The standard InChI is InChI=1S/C30H44O3/c1-18-8-14-29-17-16-28(7)27(6)13-9-20-25(3,4)22(31)11-12-26(20,5)21(27)10-15-30(28,33-24(29)32)23(29)19(18)2/h10,15,18-21,23H,8-9,11-14,16-17H2,1-7H3/t18-,19+,20-,21+,23-,26-,27+,28-,29+,30+/m1/s1. The monoisotopic (exact) mass is 452 g/mol. The molecular formula is C30H44O3. The molecule has 0 radical (unpaired) electrons. The van der Waals surface area contributed by atoms with Crippen molar-refractivity contribution in [2.75, 3.05) is 0 Å². The van der Waals surface area contributed by atoms with E-state index in [9.17, 15) is 9.59 Å². The molecule has 0 N–H and O–H groups in total. The van der Waals surface area contributed by atoms with E-state index < -0.39 is 5.60 Å². The second kappa shape index (κ2) is 6.16. The highest BCUT2D eigenvalue weighted by molar-refractivity contribution is 5.85. The van der Waals surface area contributed by atoms with Gasteiger partial charge in [0.2, 0.25) is 0 Å². The molecule has 6 aliphatic rings. The number of ketones is 1. The Labute approximate surface area is 200 Å². The molecule has 4 saturated carbocycles. The number of esters is 1. The number of allylic oxidation sites excluding steroid dienone is 1. The van der Waals surface area contributed by atoms with E-state index in [0.29, 0.717) is 41.8 Å². The molecule has 1 heterocycles. The van der Waals surface area contributed by atoms with Crippen LogP contribution in [0.25, 0.3) is 0 Å². The number of ether oxygens (including phenoxy) is 1. The number of Topliss-reactive ketones (excluding diaryl/α,β-unsaturated/α-hetero) is 1. The highest BCUT2D eigenvalue weighted by atomic mass is 16.6. The molecule has 1 saturated heterocycles. The lowest BCUT2D eigenvalue weighted by Gasteiger charge is -2.71. The summed E-state index contributed by atoms with van der Waals surface area (Å²) in [5, 5.41) is 0. The predicted octanol–water partition coefficient (Wildman–Crippen LogP) is 6.75. The van der Waals surface area contributed by atoms with Gasteiger partial charge in [0.05, 0.1) is 5.41 Å².